The van der Waals surface area contributed by atoms with Gasteiger partial charge in [0, 0.05) is 12.1 Å². The molecule has 2 nitrogen and oxygen atoms in total. The van der Waals surface area contributed by atoms with Crippen LogP contribution in [0.15, 0.2) is 35.3 Å². The van der Waals surface area contributed by atoms with Gasteiger partial charge in [0.2, 0.25) is 0 Å². The van der Waals surface area contributed by atoms with Crippen LogP contribution in [0.5, 0.6) is 0 Å². The van der Waals surface area contributed by atoms with Gasteiger partial charge in [0.1, 0.15) is 5.84 Å². The zero-order valence-corrected chi connectivity index (χ0v) is 10.7. The summed E-state index contributed by atoms with van der Waals surface area (Å²) in [7, 11) is 0. The summed E-state index contributed by atoms with van der Waals surface area (Å²) in [4.78, 5) is 4.48. The highest BCUT2D eigenvalue weighted by atomic mass is 14.9. The first-order chi connectivity index (χ1) is 7.43. The van der Waals surface area contributed by atoms with Gasteiger partial charge in [-0.1, -0.05) is 58.0 Å². The number of nitrogens with zero attached hydrogens (tertiary/aromatic N) is 1. The number of benzene rings is 1. The summed E-state index contributed by atoms with van der Waals surface area (Å²) in [6, 6.07) is 9.91. The first-order valence-electron chi connectivity index (χ1n) is 5.79. The Labute approximate surface area is 98.6 Å². The molecule has 0 bridgehead atoms. The van der Waals surface area contributed by atoms with Gasteiger partial charge in [0.05, 0.1) is 0 Å². The normalized spacial score (nSPS) is 13.2. The second-order valence-corrected chi connectivity index (χ2v) is 5.21. The van der Waals surface area contributed by atoms with Gasteiger partial charge in [-0.15, -0.1) is 0 Å². The van der Waals surface area contributed by atoms with E-state index in [1.165, 1.54) is 0 Å². The molecular weight excluding hydrogens is 196 g/mol. The van der Waals surface area contributed by atoms with Crippen molar-refractivity contribution in [2.24, 2.45) is 22.1 Å². The second-order valence-electron chi connectivity index (χ2n) is 5.21. The summed E-state index contributed by atoms with van der Waals surface area (Å²) in [6.07, 6.45) is 0. The van der Waals surface area contributed by atoms with Crippen LogP contribution in [0.4, 0.5) is 0 Å². The number of rotatable bonds is 4. The number of nitrogens with two attached hydrogens (primary N) is 1. The molecule has 0 aliphatic carbocycles. The third-order valence-corrected chi connectivity index (χ3v) is 3.29. The number of amidine groups is 1. The Morgan fingerprint density at radius 3 is 2.31 bits per heavy atom. The molecule has 0 amide bonds. The fraction of sp³-hybridized carbons (Fsp3) is 0.500. The fourth-order valence-electron chi connectivity index (χ4n) is 1.17. The van der Waals surface area contributed by atoms with Crippen LogP contribution in [0.3, 0.4) is 0 Å². The van der Waals surface area contributed by atoms with Gasteiger partial charge in [-0.2, -0.15) is 0 Å². The van der Waals surface area contributed by atoms with Crippen LogP contribution in [0.1, 0.15) is 33.3 Å². The van der Waals surface area contributed by atoms with Crippen LogP contribution in [-0.4, -0.2) is 12.4 Å². The lowest BCUT2D eigenvalue weighted by Crippen LogP contribution is -2.25. The molecule has 0 fully saturated rings. The van der Waals surface area contributed by atoms with E-state index in [1.807, 2.05) is 30.3 Å². The average molecular weight is 218 g/mol. The van der Waals surface area contributed by atoms with Gasteiger partial charge in [0.15, 0.2) is 0 Å². The third kappa shape index (κ3) is 3.37. The van der Waals surface area contributed by atoms with Crippen LogP contribution in [0.2, 0.25) is 0 Å². The molecule has 0 unspecified atom stereocenters. The molecule has 2 N–H and O–H groups in total. The van der Waals surface area contributed by atoms with Crippen molar-refractivity contribution in [1.82, 2.24) is 0 Å². The molecule has 0 aromatic heterocycles. The summed E-state index contributed by atoms with van der Waals surface area (Å²) >= 11 is 0. The van der Waals surface area contributed by atoms with Crippen molar-refractivity contribution < 1.29 is 0 Å². The van der Waals surface area contributed by atoms with Crippen molar-refractivity contribution in [3.05, 3.63) is 35.9 Å². The Kier molecular flexibility index (Phi) is 4.11. The minimum absolute atomic E-state index is 0.194. The van der Waals surface area contributed by atoms with Crippen molar-refractivity contribution >= 4 is 5.84 Å². The van der Waals surface area contributed by atoms with Crippen LogP contribution in [0.25, 0.3) is 0 Å². The first-order valence-corrected chi connectivity index (χ1v) is 5.79. The van der Waals surface area contributed by atoms with Crippen LogP contribution < -0.4 is 5.73 Å². The second kappa shape index (κ2) is 5.15. The van der Waals surface area contributed by atoms with E-state index in [2.05, 4.69) is 32.7 Å². The summed E-state index contributed by atoms with van der Waals surface area (Å²) in [5.41, 5.74) is 7.15. The Hall–Kier alpha value is -1.31. The SMILES string of the molecule is CC(C)C(C)(C)CN=C(N)c1ccccc1. The van der Waals surface area contributed by atoms with Crippen molar-refractivity contribution in [2.75, 3.05) is 6.54 Å². The molecule has 0 radical (unpaired) electrons. The molecule has 88 valence electrons. The molecule has 1 aromatic rings. The van der Waals surface area contributed by atoms with Crippen molar-refractivity contribution in [2.45, 2.75) is 27.7 Å². The van der Waals surface area contributed by atoms with Gasteiger partial charge in [-0.25, -0.2) is 0 Å². The van der Waals surface area contributed by atoms with E-state index in [1.54, 1.807) is 0 Å². The third-order valence-electron chi connectivity index (χ3n) is 3.29. The van der Waals surface area contributed by atoms with Crippen LogP contribution in [0, 0.1) is 11.3 Å². The molecule has 0 aliphatic rings. The maximum atomic E-state index is 5.95. The molecule has 0 saturated heterocycles. The lowest BCUT2D eigenvalue weighted by atomic mass is 9.81. The first kappa shape index (κ1) is 12.8. The summed E-state index contributed by atoms with van der Waals surface area (Å²) in [5, 5.41) is 0. The highest BCUT2D eigenvalue weighted by Crippen LogP contribution is 2.26. The zero-order chi connectivity index (χ0) is 12.2. The minimum Gasteiger partial charge on any atom is -0.384 e. The molecule has 0 saturated carbocycles. The maximum Gasteiger partial charge on any atom is 0.125 e. The summed E-state index contributed by atoms with van der Waals surface area (Å²) < 4.78 is 0. The van der Waals surface area contributed by atoms with Crippen molar-refractivity contribution in [3.63, 3.8) is 0 Å². The van der Waals surface area contributed by atoms with Gasteiger partial charge >= 0.3 is 0 Å². The van der Waals surface area contributed by atoms with E-state index < -0.39 is 0 Å². The molecule has 16 heavy (non-hydrogen) atoms. The molecule has 0 spiro atoms. The Bertz CT molecular complexity index is 350. The fourth-order valence-corrected chi connectivity index (χ4v) is 1.17. The zero-order valence-electron chi connectivity index (χ0n) is 10.7. The van der Waals surface area contributed by atoms with E-state index in [4.69, 9.17) is 5.73 Å². The van der Waals surface area contributed by atoms with E-state index in [0.717, 1.165) is 12.1 Å². The van der Waals surface area contributed by atoms with Gasteiger partial charge < -0.3 is 5.73 Å². The van der Waals surface area contributed by atoms with Crippen molar-refractivity contribution in [1.29, 1.82) is 0 Å². The molecule has 1 aromatic carbocycles. The van der Waals surface area contributed by atoms with Gasteiger partial charge in [-0.05, 0) is 11.3 Å². The lowest BCUT2D eigenvalue weighted by molar-refractivity contribution is 0.262. The number of hydrogen-bond donors (Lipinski definition) is 1. The van der Waals surface area contributed by atoms with E-state index in [0.29, 0.717) is 11.8 Å². The van der Waals surface area contributed by atoms with Crippen LogP contribution in [-0.2, 0) is 0 Å². The predicted octanol–water partition coefficient (Wildman–Crippen LogP) is 3.07. The van der Waals surface area contributed by atoms with Crippen molar-refractivity contribution in [3.8, 4) is 0 Å². The molecule has 2 heteroatoms. The Morgan fingerprint density at radius 2 is 1.81 bits per heavy atom. The molecule has 0 atom stereocenters. The molecule has 0 aliphatic heterocycles. The van der Waals surface area contributed by atoms with E-state index in [9.17, 15) is 0 Å². The Morgan fingerprint density at radius 1 is 1.25 bits per heavy atom. The van der Waals surface area contributed by atoms with Gasteiger partial charge in [0.25, 0.3) is 0 Å². The smallest absolute Gasteiger partial charge is 0.125 e. The summed E-state index contributed by atoms with van der Waals surface area (Å²) in [5.74, 6) is 1.23. The average Bonchev–Trinajstić information content (AvgIpc) is 2.27. The van der Waals surface area contributed by atoms with Gasteiger partial charge in [-0.3, -0.25) is 4.99 Å². The maximum absolute atomic E-state index is 5.95. The largest absolute Gasteiger partial charge is 0.384 e. The van der Waals surface area contributed by atoms with Crippen LogP contribution >= 0.6 is 0 Å². The number of aliphatic imine (C=N–C) groups is 1. The predicted molar refractivity (Wildman–Crippen MR) is 70.7 cm³/mol. The molecule has 0 heterocycles. The summed E-state index contributed by atoms with van der Waals surface area (Å²) in [6.45, 7) is 9.65. The standard InChI is InChI=1S/C14H22N2/c1-11(2)14(3,4)10-16-13(15)12-8-6-5-7-9-12/h5-9,11H,10H2,1-4H3,(H2,15,16). The topological polar surface area (TPSA) is 38.4 Å². The van der Waals surface area contributed by atoms with E-state index in [-0.39, 0.29) is 5.41 Å². The highest BCUT2D eigenvalue weighted by Gasteiger charge is 2.21. The molecule has 1 rings (SSSR count). The lowest BCUT2D eigenvalue weighted by Gasteiger charge is -2.27. The molecular formula is C14H22N2. The monoisotopic (exact) mass is 218 g/mol. The highest BCUT2D eigenvalue weighted by molar-refractivity contribution is 5.97. The Balaban J connectivity index is 2.73. The number of hydrogen-bond acceptors (Lipinski definition) is 1. The quantitative estimate of drug-likeness (QED) is 0.612. The van der Waals surface area contributed by atoms with E-state index >= 15 is 0 Å². The minimum atomic E-state index is 0.194.